The van der Waals surface area contributed by atoms with Crippen molar-refractivity contribution in [2.24, 2.45) is 5.92 Å². The van der Waals surface area contributed by atoms with Crippen LogP contribution in [0.2, 0.25) is 0 Å². The molecule has 15 heavy (non-hydrogen) atoms. The number of nitrogens with zero attached hydrogens (tertiary/aromatic N) is 1. The van der Waals surface area contributed by atoms with E-state index in [4.69, 9.17) is 23.2 Å². The third-order valence-electron chi connectivity index (χ3n) is 2.95. The highest BCUT2D eigenvalue weighted by Gasteiger charge is 2.25. The largest absolute Gasteiger partial charge is 0.301 e. The zero-order valence-electron chi connectivity index (χ0n) is 9.00. The molecule has 1 fully saturated rings. The van der Waals surface area contributed by atoms with Crippen LogP contribution < -0.4 is 0 Å². The molecule has 1 saturated heterocycles. The zero-order chi connectivity index (χ0) is 11.0. The highest BCUT2D eigenvalue weighted by molar-refractivity contribution is 6.32. The number of rotatable bonds is 0. The molecule has 1 nitrogen and oxygen atoms in total. The molecule has 0 radical (unpaired) electrons. The Kier molecular flexibility index (Phi) is 3.24. The van der Waals surface area contributed by atoms with Crippen LogP contribution in [0.3, 0.4) is 0 Å². The van der Waals surface area contributed by atoms with Crippen LogP contribution >= 0.6 is 23.2 Å². The number of hydrogen-bond donors (Lipinski definition) is 0. The number of alkyl halides is 1. The van der Waals surface area contributed by atoms with Gasteiger partial charge in [-0.2, -0.15) is 0 Å². The third-order valence-corrected chi connectivity index (χ3v) is 3.57. The van der Waals surface area contributed by atoms with Gasteiger partial charge in [0.1, 0.15) is 0 Å². The molecule has 1 heterocycles. The first-order valence-electron chi connectivity index (χ1n) is 5.19. The van der Waals surface area contributed by atoms with Crippen molar-refractivity contribution in [1.82, 2.24) is 4.90 Å². The molecule has 0 aromatic rings. The maximum atomic E-state index is 6.26. The molecule has 0 bridgehead atoms. The number of halogens is 2. The summed E-state index contributed by atoms with van der Waals surface area (Å²) < 4.78 is 0. The van der Waals surface area contributed by atoms with Crippen molar-refractivity contribution >= 4 is 23.2 Å². The molecule has 0 amide bonds. The van der Waals surface area contributed by atoms with Gasteiger partial charge in [0.05, 0.1) is 5.38 Å². The Hall–Kier alpha value is -0.240. The molecule has 2 atom stereocenters. The van der Waals surface area contributed by atoms with Crippen LogP contribution in [0, 0.1) is 5.92 Å². The van der Waals surface area contributed by atoms with E-state index in [2.05, 4.69) is 24.9 Å². The molecule has 82 valence electrons. The number of likely N-dealkylation sites (N-methyl/N-ethyl adjacent to an activating group) is 1. The van der Waals surface area contributed by atoms with Crippen LogP contribution in [-0.2, 0) is 0 Å². The van der Waals surface area contributed by atoms with Gasteiger partial charge in [-0.1, -0.05) is 30.7 Å². The van der Waals surface area contributed by atoms with E-state index in [0.717, 1.165) is 18.1 Å². The summed E-state index contributed by atoms with van der Waals surface area (Å²) in [7, 11) is 2.12. The molecule has 0 saturated carbocycles. The van der Waals surface area contributed by atoms with E-state index < -0.39 is 0 Å². The molecule has 2 rings (SSSR count). The van der Waals surface area contributed by atoms with Crippen molar-refractivity contribution in [2.75, 3.05) is 20.1 Å². The number of piperidine rings is 1. The predicted molar refractivity (Wildman–Crippen MR) is 66.4 cm³/mol. The van der Waals surface area contributed by atoms with E-state index in [1.165, 1.54) is 11.1 Å². The summed E-state index contributed by atoms with van der Waals surface area (Å²) in [5.41, 5.74) is 2.56. The van der Waals surface area contributed by atoms with Crippen molar-refractivity contribution in [3.63, 3.8) is 0 Å². The molecule has 1 aliphatic carbocycles. The summed E-state index contributed by atoms with van der Waals surface area (Å²) in [4.78, 5) is 2.29. The number of likely N-dealkylation sites (tertiary alicyclic amines) is 1. The molecule has 0 aromatic heterocycles. The minimum absolute atomic E-state index is 0.0305. The van der Waals surface area contributed by atoms with Gasteiger partial charge >= 0.3 is 0 Å². The van der Waals surface area contributed by atoms with Crippen molar-refractivity contribution in [3.8, 4) is 0 Å². The first-order valence-corrected chi connectivity index (χ1v) is 6.01. The Bertz CT molecular complexity index is 355. The third kappa shape index (κ3) is 2.30. The Morgan fingerprint density at radius 2 is 2.20 bits per heavy atom. The summed E-state index contributed by atoms with van der Waals surface area (Å²) in [5, 5.41) is 0.805. The van der Waals surface area contributed by atoms with E-state index in [0.29, 0.717) is 5.92 Å². The van der Waals surface area contributed by atoms with Gasteiger partial charge in [0, 0.05) is 18.1 Å². The molecule has 2 aliphatic rings. The zero-order valence-corrected chi connectivity index (χ0v) is 10.5. The van der Waals surface area contributed by atoms with Crippen LogP contribution in [-0.4, -0.2) is 30.4 Å². The van der Waals surface area contributed by atoms with E-state index >= 15 is 0 Å². The minimum atomic E-state index is -0.0305. The van der Waals surface area contributed by atoms with Crippen molar-refractivity contribution in [1.29, 1.82) is 0 Å². The minimum Gasteiger partial charge on any atom is -0.301 e. The lowest BCUT2D eigenvalue weighted by molar-refractivity contribution is 0.301. The second kappa shape index (κ2) is 4.32. The Morgan fingerprint density at radius 1 is 1.47 bits per heavy atom. The first-order chi connectivity index (χ1) is 7.08. The predicted octanol–water partition coefficient (Wildman–Crippen LogP) is 3.16. The van der Waals surface area contributed by atoms with Gasteiger partial charge in [0.25, 0.3) is 0 Å². The number of hydrogen-bond acceptors (Lipinski definition) is 1. The van der Waals surface area contributed by atoms with E-state index in [1.54, 1.807) is 0 Å². The molecule has 1 unspecified atom stereocenters. The van der Waals surface area contributed by atoms with Crippen molar-refractivity contribution < 1.29 is 0 Å². The number of allylic oxidation sites excluding steroid dienone is 4. The van der Waals surface area contributed by atoms with E-state index in [-0.39, 0.29) is 5.38 Å². The molecule has 1 aliphatic heterocycles. The van der Waals surface area contributed by atoms with Crippen LogP contribution in [0.5, 0.6) is 0 Å². The highest BCUT2D eigenvalue weighted by atomic mass is 35.5. The normalized spacial score (nSPS) is 32.4. The highest BCUT2D eigenvalue weighted by Crippen LogP contribution is 2.33. The summed E-state index contributed by atoms with van der Waals surface area (Å²) in [5.74, 6) is 0.508. The van der Waals surface area contributed by atoms with Crippen LogP contribution in [0.4, 0.5) is 0 Å². The standard InChI is InChI=1S/C12H15Cl2N/c1-8-6-15(2)7-11-10(8)5-9(13)3-4-12(11)14/h3-5,8-9H,6-7H2,1-2H3/t8-,9?/m1/s1. The Morgan fingerprint density at radius 3 is 2.93 bits per heavy atom. The molecular formula is C12H15Cl2N. The van der Waals surface area contributed by atoms with Gasteiger partial charge in [-0.25, -0.2) is 0 Å². The molecule has 0 N–H and O–H groups in total. The Labute approximate surface area is 101 Å². The van der Waals surface area contributed by atoms with E-state index in [9.17, 15) is 0 Å². The maximum absolute atomic E-state index is 6.26. The van der Waals surface area contributed by atoms with Gasteiger partial charge in [-0.3, -0.25) is 0 Å². The lowest BCUT2D eigenvalue weighted by atomic mass is 9.88. The monoisotopic (exact) mass is 243 g/mol. The van der Waals surface area contributed by atoms with E-state index in [1.807, 2.05) is 12.2 Å². The van der Waals surface area contributed by atoms with Gasteiger partial charge in [0.2, 0.25) is 0 Å². The number of fused-ring (bicyclic) bond motifs is 1. The lowest BCUT2D eigenvalue weighted by Crippen LogP contribution is -2.34. The smallest absolute Gasteiger partial charge is 0.0706 e. The average molecular weight is 244 g/mol. The first kappa shape index (κ1) is 11.3. The second-order valence-corrected chi connectivity index (χ2v) is 5.26. The fraction of sp³-hybridized carbons (Fsp3) is 0.500. The maximum Gasteiger partial charge on any atom is 0.0706 e. The van der Waals surface area contributed by atoms with Gasteiger partial charge in [0.15, 0.2) is 0 Å². The summed E-state index contributed by atoms with van der Waals surface area (Å²) in [6, 6.07) is 0. The summed E-state index contributed by atoms with van der Waals surface area (Å²) in [6.45, 7) is 4.21. The molecule has 0 aromatic carbocycles. The van der Waals surface area contributed by atoms with Crippen LogP contribution in [0.15, 0.2) is 34.4 Å². The summed E-state index contributed by atoms with van der Waals surface area (Å²) >= 11 is 12.4. The SMILES string of the molecule is C[C@@H]1CN(C)CC2=C(Cl)C=CC(Cl)C=C21. The average Bonchev–Trinajstić information content (AvgIpc) is 2.30. The molecular weight excluding hydrogens is 229 g/mol. The second-order valence-electron chi connectivity index (χ2n) is 4.35. The fourth-order valence-corrected chi connectivity index (χ4v) is 2.72. The topological polar surface area (TPSA) is 3.24 Å². The summed E-state index contributed by atoms with van der Waals surface area (Å²) in [6.07, 6.45) is 5.99. The quantitative estimate of drug-likeness (QED) is 0.591. The van der Waals surface area contributed by atoms with Crippen molar-refractivity contribution in [2.45, 2.75) is 12.3 Å². The van der Waals surface area contributed by atoms with Gasteiger partial charge < -0.3 is 4.90 Å². The lowest BCUT2D eigenvalue weighted by Gasteiger charge is -2.32. The van der Waals surface area contributed by atoms with Gasteiger partial charge in [-0.05, 0) is 30.2 Å². The fourth-order valence-electron chi connectivity index (χ4n) is 2.27. The van der Waals surface area contributed by atoms with Gasteiger partial charge in [-0.15, -0.1) is 11.6 Å². The van der Waals surface area contributed by atoms with Crippen LogP contribution in [0.1, 0.15) is 6.92 Å². The van der Waals surface area contributed by atoms with Crippen LogP contribution in [0.25, 0.3) is 0 Å². The van der Waals surface area contributed by atoms with Crippen molar-refractivity contribution in [3.05, 3.63) is 34.4 Å². The Balaban J connectivity index is 2.43. The molecule has 3 heteroatoms. The molecule has 0 spiro atoms.